The van der Waals surface area contributed by atoms with Crippen LogP contribution in [0.5, 0.6) is 0 Å². The zero-order valence-electron chi connectivity index (χ0n) is 8.54. The largest absolute Gasteiger partial charge is 0.392 e. The molecule has 14 heavy (non-hydrogen) atoms. The van der Waals surface area contributed by atoms with Gasteiger partial charge in [-0.25, -0.2) is 0 Å². The number of carbonyl (C=O) groups is 1. The molecule has 0 bridgehead atoms. The first-order valence-corrected chi connectivity index (χ1v) is 5.54. The van der Waals surface area contributed by atoms with Gasteiger partial charge < -0.3 is 5.11 Å². The number of hydrogen-bond donors (Lipinski definition) is 1. The number of Topliss-reactive ketones (excluding diaryl/α,β-unsaturated/α-hetero) is 1. The van der Waals surface area contributed by atoms with Gasteiger partial charge in [0.25, 0.3) is 0 Å². The predicted octanol–water partition coefficient (Wildman–Crippen LogP) is 2.07. The molecule has 2 aliphatic carbocycles. The topological polar surface area (TPSA) is 37.3 Å². The molecule has 1 N–H and O–H groups in total. The molecule has 78 valence electrons. The number of rotatable bonds is 1. The Bertz CT molecular complexity index is 259. The Morgan fingerprint density at radius 1 is 1.43 bits per heavy atom. The minimum atomic E-state index is -0.344. The highest BCUT2D eigenvalue weighted by atomic mass is 16.3. The highest BCUT2D eigenvalue weighted by molar-refractivity contribution is 5.87. The van der Waals surface area contributed by atoms with E-state index in [4.69, 9.17) is 0 Å². The molecule has 0 radical (unpaired) electrons. The Balaban J connectivity index is 2.30. The van der Waals surface area contributed by atoms with Gasteiger partial charge in [-0.05, 0) is 32.1 Å². The van der Waals surface area contributed by atoms with E-state index in [0.717, 1.165) is 32.1 Å². The van der Waals surface area contributed by atoms with Gasteiger partial charge in [0, 0.05) is 17.8 Å². The molecule has 2 saturated carbocycles. The van der Waals surface area contributed by atoms with Crippen LogP contribution in [0.1, 0.15) is 38.5 Å². The molecular formula is C12H18O2. The summed E-state index contributed by atoms with van der Waals surface area (Å²) in [4.78, 5) is 11.9. The lowest BCUT2D eigenvalue weighted by Gasteiger charge is -2.41. The summed E-state index contributed by atoms with van der Waals surface area (Å²) in [5.41, 5.74) is -0.237. The second kappa shape index (κ2) is 3.50. The number of carbonyl (C=O) groups excluding carboxylic acids is 1. The predicted molar refractivity (Wildman–Crippen MR) is 54.8 cm³/mol. The molecule has 2 rings (SSSR count). The van der Waals surface area contributed by atoms with E-state index in [2.05, 4.69) is 6.58 Å². The highest BCUT2D eigenvalue weighted by Gasteiger charge is 2.50. The number of aliphatic hydroxyl groups excluding tert-OH is 1. The van der Waals surface area contributed by atoms with Crippen molar-refractivity contribution in [3.8, 4) is 0 Å². The van der Waals surface area contributed by atoms with Gasteiger partial charge in [-0.15, -0.1) is 6.58 Å². The van der Waals surface area contributed by atoms with Gasteiger partial charge in [-0.3, -0.25) is 4.79 Å². The highest BCUT2D eigenvalue weighted by Crippen LogP contribution is 2.50. The van der Waals surface area contributed by atoms with Gasteiger partial charge in [0.1, 0.15) is 5.78 Å². The van der Waals surface area contributed by atoms with Crippen molar-refractivity contribution in [2.24, 2.45) is 11.3 Å². The molecule has 1 spiro atoms. The third kappa shape index (κ3) is 1.24. The Morgan fingerprint density at radius 3 is 2.71 bits per heavy atom. The van der Waals surface area contributed by atoms with E-state index in [0.29, 0.717) is 12.2 Å². The first kappa shape index (κ1) is 9.91. The Labute approximate surface area is 85.0 Å². The lowest BCUT2D eigenvalue weighted by Crippen LogP contribution is -2.43. The normalized spacial score (nSPS) is 43.1. The molecule has 2 nitrogen and oxygen atoms in total. The van der Waals surface area contributed by atoms with Crippen LogP contribution in [0.25, 0.3) is 0 Å². The maximum Gasteiger partial charge on any atom is 0.139 e. The van der Waals surface area contributed by atoms with E-state index >= 15 is 0 Å². The summed E-state index contributed by atoms with van der Waals surface area (Å²) in [6, 6.07) is 0. The maximum atomic E-state index is 11.9. The molecule has 0 aromatic rings. The molecule has 0 heterocycles. The van der Waals surface area contributed by atoms with Crippen molar-refractivity contribution in [3.63, 3.8) is 0 Å². The third-order valence-electron chi connectivity index (χ3n) is 4.01. The molecule has 0 amide bonds. The van der Waals surface area contributed by atoms with Crippen molar-refractivity contribution in [3.05, 3.63) is 12.7 Å². The van der Waals surface area contributed by atoms with Gasteiger partial charge in [0.15, 0.2) is 0 Å². The van der Waals surface area contributed by atoms with Crippen molar-refractivity contribution < 1.29 is 9.90 Å². The fraction of sp³-hybridized carbons (Fsp3) is 0.750. The molecule has 0 aliphatic heterocycles. The zero-order valence-corrected chi connectivity index (χ0v) is 8.54. The maximum absolute atomic E-state index is 11.9. The van der Waals surface area contributed by atoms with E-state index in [9.17, 15) is 9.90 Å². The summed E-state index contributed by atoms with van der Waals surface area (Å²) in [6.07, 6.45) is 6.88. The van der Waals surface area contributed by atoms with E-state index in [1.54, 1.807) is 6.08 Å². The number of hydrogen-bond acceptors (Lipinski definition) is 2. The van der Waals surface area contributed by atoms with Crippen molar-refractivity contribution in [1.29, 1.82) is 0 Å². The van der Waals surface area contributed by atoms with Crippen LogP contribution in [0.4, 0.5) is 0 Å². The van der Waals surface area contributed by atoms with Gasteiger partial charge in [0.2, 0.25) is 0 Å². The Kier molecular flexibility index (Phi) is 2.48. The minimum Gasteiger partial charge on any atom is -0.392 e. The number of aliphatic hydroxyl groups is 1. The molecular weight excluding hydrogens is 176 g/mol. The van der Waals surface area contributed by atoms with E-state index in [1.807, 2.05) is 0 Å². The summed E-state index contributed by atoms with van der Waals surface area (Å²) in [5.74, 6) is 0.368. The molecule has 0 saturated heterocycles. The quantitative estimate of drug-likeness (QED) is 0.649. The fourth-order valence-electron chi connectivity index (χ4n) is 3.29. The lowest BCUT2D eigenvalue weighted by atomic mass is 9.63. The SMILES string of the molecule is C=C[C@@H]1[C@@H](O)CCC[C@]12CCCC2=O. The minimum absolute atomic E-state index is 0.00579. The molecule has 3 atom stereocenters. The van der Waals surface area contributed by atoms with E-state index < -0.39 is 0 Å². The van der Waals surface area contributed by atoms with Crippen molar-refractivity contribution in [2.45, 2.75) is 44.6 Å². The summed E-state index contributed by atoms with van der Waals surface area (Å²) in [7, 11) is 0. The van der Waals surface area contributed by atoms with Crippen LogP contribution in [-0.4, -0.2) is 17.0 Å². The van der Waals surface area contributed by atoms with Crippen LogP contribution < -0.4 is 0 Å². The second-order valence-corrected chi connectivity index (χ2v) is 4.65. The van der Waals surface area contributed by atoms with Gasteiger partial charge in [-0.2, -0.15) is 0 Å². The fourth-order valence-corrected chi connectivity index (χ4v) is 3.29. The zero-order chi connectivity index (χ0) is 10.2. The smallest absolute Gasteiger partial charge is 0.139 e. The van der Waals surface area contributed by atoms with Crippen LogP contribution in [-0.2, 0) is 4.79 Å². The number of ketones is 1. The average Bonchev–Trinajstić information content (AvgIpc) is 2.49. The summed E-state index contributed by atoms with van der Waals surface area (Å²) >= 11 is 0. The summed E-state index contributed by atoms with van der Waals surface area (Å²) < 4.78 is 0. The standard InChI is InChI=1S/C12H18O2/c1-2-9-10(13)5-3-7-12(9)8-4-6-11(12)14/h2,9-10,13H,1,3-8H2/t9-,10+,12+/m1/s1. The van der Waals surface area contributed by atoms with Crippen molar-refractivity contribution in [1.82, 2.24) is 0 Å². The summed E-state index contributed by atoms with van der Waals surface area (Å²) in [6.45, 7) is 3.78. The van der Waals surface area contributed by atoms with Crippen molar-refractivity contribution >= 4 is 5.78 Å². The van der Waals surface area contributed by atoms with Gasteiger partial charge in [-0.1, -0.05) is 6.08 Å². The molecule has 0 aromatic heterocycles. The lowest BCUT2D eigenvalue weighted by molar-refractivity contribution is -0.133. The average molecular weight is 194 g/mol. The Morgan fingerprint density at radius 2 is 2.14 bits per heavy atom. The second-order valence-electron chi connectivity index (χ2n) is 4.65. The molecule has 0 unspecified atom stereocenters. The first-order chi connectivity index (χ1) is 6.70. The van der Waals surface area contributed by atoms with Gasteiger partial charge >= 0.3 is 0 Å². The van der Waals surface area contributed by atoms with Crippen LogP contribution >= 0.6 is 0 Å². The first-order valence-electron chi connectivity index (χ1n) is 5.54. The van der Waals surface area contributed by atoms with Crippen LogP contribution in [0.15, 0.2) is 12.7 Å². The van der Waals surface area contributed by atoms with Crippen LogP contribution in [0, 0.1) is 11.3 Å². The monoisotopic (exact) mass is 194 g/mol. The molecule has 0 aromatic carbocycles. The molecule has 2 aliphatic rings. The molecule has 2 fully saturated rings. The van der Waals surface area contributed by atoms with Crippen molar-refractivity contribution in [2.75, 3.05) is 0 Å². The van der Waals surface area contributed by atoms with E-state index in [1.165, 1.54) is 0 Å². The van der Waals surface area contributed by atoms with E-state index in [-0.39, 0.29) is 17.4 Å². The van der Waals surface area contributed by atoms with Crippen LogP contribution in [0.2, 0.25) is 0 Å². The Hall–Kier alpha value is -0.630. The van der Waals surface area contributed by atoms with Crippen LogP contribution in [0.3, 0.4) is 0 Å². The van der Waals surface area contributed by atoms with Gasteiger partial charge in [0.05, 0.1) is 6.10 Å². The molecule has 2 heteroatoms. The third-order valence-corrected chi connectivity index (χ3v) is 4.01. The summed E-state index contributed by atoms with van der Waals surface area (Å²) in [5, 5.41) is 9.89.